The van der Waals surface area contributed by atoms with Gasteiger partial charge in [0.25, 0.3) is 0 Å². The van der Waals surface area contributed by atoms with Gasteiger partial charge in [-0.2, -0.15) is 5.10 Å². The summed E-state index contributed by atoms with van der Waals surface area (Å²) in [4.78, 5) is 13.3. The van der Waals surface area contributed by atoms with Gasteiger partial charge in [0.05, 0.1) is 11.8 Å². The van der Waals surface area contributed by atoms with Crippen LogP contribution in [0.3, 0.4) is 0 Å². The Bertz CT molecular complexity index is 1140. The molecule has 2 aliphatic rings. The highest BCUT2D eigenvalue weighted by molar-refractivity contribution is 6.31. The molecule has 2 amide bonds. The molecule has 0 saturated heterocycles. The van der Waals surface area contributed by atoms with Crippen LogP contribution in [-0.2, 0) is 6.42 Å². The number of rotatable bonds is 2. The highest BCUT2D eigenvalue weighted by atomic mass is 35.5. The van der Waals surface area contributed by atoms with Crippen molar-refractivity contribution in [2.24, 2.45) is 11.0 Å². The highest BCUT2D eigenvalue weighted by Gasteiger charge is 2.44. The molecular formula is C25H22ClN3O. The molecule has 150 valence electrons. The summed E-state index contributed by atoms with van der Waals surface area (Å²) in [5.41, 5.74) is 6.22. The molecule has 3 aromatic rings. The van der Waals surface area contributed by atoms with E-state index in [9.17, 15) is 4.79 Å². The van der Waals surface area contributed by atoms with Crippen LogP contribution in [0.1, 0.15) is 34.7 Å². The van der Waals surface area contributed by atoms with Crippen LogP contribution in [0.4, 0.5) is 10.5 Å². The number of halogens is 1. The Morgan fingerprint density at radius 3 is 2.57 bits per heavy atom. The number of amides is 2. The number of carbonyl (C=O) groups excluding carboxylic acids is 1. The van der Waals surface area contributed by atoms with Gasteiger partial charge in [-0.05, 0) is 49.1 Å². The molecular weight excluding hydrogens is 394 g/mol. The van der Waals surface area contributed by atoms with Crippen LogP contribution in [0, 0.1) is 12.8 Å². The minimum Gasteiger partial charge on any atom is -0.306 e. The number of hydrazone groups is 1. The average molecular weight is 416 g/mol. The van der Waals surface area contributed by atoms with Crippen molar-refractivity contribution >= 4 is 29.0 Å². The lowest BCUT2D eigenvalue weighted by Crippen LogP contribution is -2.35. The van der Waals surface area contributed by atoms with E-state index in [-0.39, 0.29) is 18.0 Å². The summed E-state index contributed by atoms with van der Waals surface area (Å²) in [7, 11) is 0. The van der Waals surface area contributed by atoms with Crippen LogP contribution in [0.5, 0.6) is 0 Å². The number of anilines is 1. The van der Waals surface area contributed by atoms with Crippen LogP contribution in [0.2, 0.25) is 5.02 Å². The maximum Gasteiger partial charge on any atom is 0.342 e. The van der Waals surface area contributed by atoms with Gasteiger partial charge in [0, 0.05) is 22.2 Å². The van der Waals surface area contributed by atoms with Gasteiger partial charge in [-0.3, -0.25) is 0 Å². The fourth-order valence-electron chi connectivity index (χ4n) is 4.47. The quantitative estimate of drug-likeness (QED) is 0.531. The second-order valence-electron chi connectivity index (χ2n) is 7.89. The van der Waals surface area contributed by atoms with Gasteiger partial charge in [0.1, 0.15) is 0 Å². The van der Waals surface area contributed by atoms with Gasteiger partial charge in [0.15, 0.2) is 0 Å². The first-order chi connectivity index (χ1) is 14.6. The van der Waals surface area contributed by atoms with E-state index >= 15 is 0 Å². The monoisotopic (exact) mass is 415 g/mol. The SMILES string of the molecule is Cc1ccc(NC(=O)N2N=C3c4ccccc4CC[C@H]3[C@H]2c2ccccc2Cl)cc1. The third kappa shape index (κ3) is 3.27. The van der Waals surface area contributed by atoms with E-state index in [1.165, 1.54) is 5.56 Å². The molecule has 0 saturated carbocycles. The summed E-state index contributed by atoms with van der Waals surface area (Å²) in [5, 5.41) is 10.1. The summed E-state index contributed by atoms with van der Waals surface area (Å²) < 4.78 is 0. The molecule has 0 fully saturated rings. The first kappa shape index (κ1) is 18.9. The predicted octanol–water partition coefficient (Wildman–Crippen LogP) is 6.20. The van der Waals surface area contributed by atoms with E-state index in [1.54, 1.807) is 5.01 Å². The van der Waals surface area contributed by atoms with Gasteiger partial charge in [-0.15, -0.1) is 0 Å². The van der Waals surface area contributed by atoms with E-state index in [2.05, 4.69) is 23.5 Å². The molecule has 5 heteroatoms. The number of nitrogens with one attached hydrogen (secondary N) is 1. The molecule has 4 nitrogen and oxygen atoms in total. The Morgan fingerprint density at radius 2 is 1.77 bits per heavy atom. The molecule has 1 N–H and O–H groups in total. The molecule has 0 unspecified atom stereocenters. The van der Waals surface area contributed by atoms with Crippen molar-refractivity contribution in [2.45, 2.75) is 25.8 Å². The van der Waals surface area contributed by atoms with Crippen molar-refractivity contribution in [1.82, 2.24) is 5.01 Å². The number of hydrogen-bond donors (Lipinski definition) is 1. The minimum atomic E-state index is -0.247. The van der Waals surface area contributed by atoms with Gasteiger partial charge < -0.3 is 5.32 Å². The first-order valence-electron chi connectivity index (χ1n) is 10.2. The minimum absolute atomic E-state index is 0.114. The van der Waals surface area contributed by atoms with E-state index in [0.717, 1.165) is 40.9 Å². The van der Waals surface area contributed by atoms with Gasteiger partial charge in [-0.25, -0.2) is 9.80 Å². The molecule has 1 heterocycles. The fourth-order valence-corrected chi connectivity index (χ4v) is 4.72. The Kier molecular flexibility index (Phi) is 4.80. The number of fused-ring (bicyclic) bond motifs is 3. The lowest BCUT2D eigenvalue weighted by molar-refractivity contribution is 0.188. The Labute approximate surface area is 181 Å². The van der Waals surface area contributed by atoms with Crippen LogP contribution in [0.15, 0.2) is 77.9 Å². The van der Waals surface area contributed by atoms with Crippen molar-refractivity contribution in [3.63, 3.8) is 0 Å². The molecule has 3 aromatic carbocycles. The van der Waals surface area contributed by atoms with Gasteiger partial charge >= 0.3 is 6.03 Å². The van der Waals surface area contributed by atoms with E-state index < -0.39 is 0 Å². The Balaban J connectivity index is 1.55. The number of urea groups is 1. The molecule has 5 rings (SSSR count). The van der Waals surface area contributed by atoms with E-state index in [1.807, 2.05) is 61.5 Å². The first-order valence-corrected chi connectivity index (χ1v) is 10.6. The van der Waals surface area contributed by atoms with Crippen LogP contribution < -0.4 is 5.32 Å². The number of aryl methyl sites for hydroxylation is 2. The number of nitrogens with zero attached hydrogens (tertiary/aromatic N) is 2. The number of carbonyl (C=O) groups is 1. The summed E-state index contributed by atoms with van der Waals surface area (Å²) in [6.07, 6.45) is 1.90. The summed E-state index contributed by atoms with van der Waals surface area (Å²) in [5.74, 6) is 0.114. The third-order valence-electron chi connectivity index (χ3n) is 5.96. The normalized spacial score (nSPS) is 19.7. The van der Waals surface area contributed by atoms with Crippen LogP contribution in [-0.4, -0.2) is 16.8 Å². The van der Waals surface area contributed by atoms with Crippen LogP contribution >= 0.6 is 11.6 Å². The van der Waals surface area contributed by atoms with Gasteiger partial charge in [0.2, 0.25) is 0 Å². The van der Waals surface area contributed by atoms with Crippen LogP contribution in [0.25, 0.3) is 0 Å². The Morgan fingerprint density at radius 1 is 1.03 bits per heavy atom. The fraction of sp³-hybridized carbons (Fsp3) is 0.200. The summed E-state index contributed by atoms with van der Waals surface area (Å²) in [6.45, 7) is 2.02. The zero-order valence-electron chi connectivity index (χ0n) is 16.7. The third-order valence-corrected chi connectivity index (χ3v) is 6.31. The van der Waals surface area contributed by atoms with Crippen molar-refractivity contribution in [3.8, 4) is 0 Å². The molecule has 1 aliphatic heterocycles. The standard InChI is InChI=1S/C25H22ClN3O/c1-16-10-13-18(14-11-16)27-25(30)29-24(20-8-4-5-9-22(20)26)21-15-12-17-6-2-3-7-19(17)23(21)28-29/h2-11,13-14,21,24H,12,15H2,1H3,(H,27,30)/t21-,24-/m1/s1. The summed E-state index contributed by atoms with van der Waals surface area (Å²) >= 11 is 6.57. The summed E-state index contributed by atoms with van der Waals surface area (Å²) in [6, 6.07) is 23.4. The number of benzene rings is 3. The average Bonchev–Trinajstić information content (AvgIpc) is 3.16. The maximum absolute atomic E-state index is 13.3. The second kappa shape index (κ2) is 7.62. The smallest absolute Gasteiger partial charge is 0.306 e. The molecule has 0 radical (unpaired) electrons. The lowest BCUT2D eigenvalue weighted by atomic mass is 9.77. The number of hydrogen-bond acceptors (Lipinski definition) is 2. The topological polar surface area (TPSA) is 44.7 Å². The van der Waals surface area contributed by atoms with E-state index in [0.29, 0.717) is 5.02 Å². The second-order valence-corrected chi connectivity index (χ2v) is 8.30. The molecule has 1 aliphatic carbocycles. The van der Waals surface area contributed by atoms with Gasteiger partial charge in [-0.1, -0.05) is 71.8 Å². The molecule has 30 heavy (non-hydrogen) atoms. The van der Waals surface area contributed by atoms with Crippen molar-refractivity contribution in [1.29, 1.82) is 0 Å². The molecule has 2 atom stereocenters. The predicted molar refractivity (Wildman–Crippen MR) is 121 cm³/mol. The zero-order valence-corrected chi connectivity index (χ0v) is 17.4. The molecule has 0 aromatic heterocycles. The molecule has 0 bridgehead atoms. The lowest BCUT2D eigenvalue weighted by Gasteiger charge is -2.30. The van der Waals surface area contributed by atoms with E-state index in [4.69, 9.17) is 16.7 Å². The van der Waals surface area contributed by atoms with Crippen molar-refractivity contribution in [3.05, 3.63) is 100 Å². The largest absolute Gasteiger partial charge is 0.342 e. The van der Waals surface area contributed by atoms with Crippen molar-refractivity contribution in [2.75, 3.05) is 5.32 Å². The Hall–Kier alpha value is -3.11. The molecule has 0 spiro atoms. The zero-order chi connectivity index (χ0) is 20.7. The maximum atomic E-state index is 13.3. The van der Waals surface area contributed by atoms with Crippen molar-refractivity contribution < 1.29 is 4.79 Å². The highest BCUT2D eigenvalue weighted by Crippen LogP contribution is 2.45.